The molecule has 5 rings (SSSR count). The number of benzene rings is 2. The van der Waals surface area contributed by atoms with E-state index in [1.807, 2.05) is 0 Å². The summed E-state index contributed by atoms with van der Waals surface area (Å²) in [5.74, 6) is -0.284. The van der Waals surface area contributed by atoms with Crippen molar-refractivity contribution in [3.8, 4) is 11.5 Å². The number of carbonyl (C=O) groups excluding carboxylic acids is 2. The SMILES string of the molecule is COCCNCCCN1C(=O)N2C(c3cccc(O)c3)c3[nH]c4ccc(OC(F)F)cc4c3CC2(C)C1=O. The number of aromatic hydroxyl groups is 1. The van der Waals surface area contributed by atoms with E-state index < -0.39 is 24.2 Å². The molecule has 0 radical (unpaired) electrons. The largest absolute Gasteiger partial charge is 0.508 e. The first-order chi connectivity index (χ1) is 18.2. The van der Waals surface area contributed by atoms with Gasteiger partial charge >= 0.3 is 12.6 Å². The molecule has 2 aliphatic heterocycles. The Morgan fingerprint density at radius 3 is 2.76 bits per heavy atom. The lowest BCUT2D eigenvalue weighted by Gasteiger charge is -2.42. The van der Waals surface area contributed by atoms with Crippen LogP contribution in [-0.4, -0.2) is 77.3 Å². The van der Waals surface area contributed by atoms with Gasteiger partial charge in [-0.25, -0.2) is 4.79 Å². The number of aromatic amines is 1. The normalized spacial score (nSPS) is 20.9. The van der Waals surface area contributed by atoms with Crippen molar-refractivity contribution in [3.63, 3.8) is 0 Å². The Balaban J connectivity index is 1.55. The third kappa shape index (κ3) is 4.45. The fourth-order valence-electron chi connectivity index (χ4n) is 5.57. The van der Waals surface area contributed by atoms with E-state index in [9.17, 15) is 23.5 Å². The monoisotopic (exact) mass is 528 g/mol. The van der Waals surface area contributed by atoms with Crippen LogP contribution in [0.4, 0.5) is 13.6 Å². The Labute approximate surface area is 218 Å². The van der Waals surface area contributed by atoms with Gasteiger partial charge in [0.25, 0.3) is 5.91 Å². The van der Waals surface area contributed by atoms with Gasteiger partial charge in [-0.1, -0.05) is 12.1 Å². The fourth-order valence-corrected chi connectivity index (χ4v) is 5.57. The summed E-state index contributed by atoms with van der Waals surface area (Å²) in [7, 11) is 1.62. The molecule has 3 amide bonds. The van der Waals surface area contributed by atoms with Gasteiger partial charge < -0.3 is 24.9 Å². The average molecular weight is 529 g/mol. The van der Waals surface area contributed by atoms with E-state index in [0.717, 1.165) is 5.56 Å². The van der Waals surface area contributed by atoms with Crippen LogP contribution >= 0.6 is 0 Å². The molecule has 11 heteroatoms. The predicted molar refractivity (Wildman–Crippen MR) is 135 cm³/mol. The Kier molecular flexibility index (Phi) is 6.97. The van der Waals surface area contributed by atoms with Crippen LogP contribution in [0.3, 0.4) is 0 Å². The molecular weight excluding hydrogens is 498 g/mol. The second-order valence-electron chi connectivity index (χ2n) is 9.76. The van der Waals surface area contributed by atoms with E-state index in [0.29, 0.717) is 48.3 Å². The van der Waals surface area contributed by atoms with Gasteiger partial charge in [0, 0.05) is 43.2 Å². The smallest absolute Gasteiger partial charge is 0.387 e. The molecule has 3 aromatic rings. The molecule has 2 aromatic carbocycles. The molecule has 0 spiro atoms. The van der Waals surface area contributed by atoms with E-state index in [1.165, 1.54) is 23.1 Å². The van der Waals surface area contributed by atoms with Crippen molar-refractivity contribution in [2.75, 3.05) is 33.4 Å². The predicted octanol–water partition coefficient (Wildman–Crippen LogP) is 3.77. The minimum Gasteiger partial charge on any atom is -0.508 e. The Morgan fingerprint density at radius 2 is 2.03 bits per heavy atom. The number of phenols is 1. The lowest BCUT2D eigenvalue weighted by atomic mass is 9.81. The summed E-state index contributed by atoms with van der Waals surface area (Å²) >= 11 is 0. The molecule has 2 atom stereocenters. The maximum absolute atomic E-state index is 13.8. The van der Waals surface area contributed by atoms with Gasteiger partial charge in [-0.3, -0.25) is 14.6 Å². The maximum atomic E-state index is 13.8. The number of amides is 3. The van der Waals surface area contributed by atoms with Gasteiger partial charge in [0.2, 0.25) is 0 Å². The molecule has 0 aliphatic carbocycles. The number of imide groups is 1. The molecular formula is C27H30F2N4O5. The number of alkyl halides is 2. The summed E-state index contributed by atoms with van der Waals surface area (Å²) in [6, 6.07) is 10.1. The summed E-state index contributed by atoms with van der Waals surface area (Å²) in [5, 5.41) is 14.1. The summed E-state index contributed by atoms with van der Waals surface area (Å²) in [5.41, 5.74) is 1.50. The number of hydrogen-bond acceptors (Lipinski definition) is 6. The number of nitrogens with one attached hydrogen (secondary N) is 2. The first-order valence-electron chi connectivity index (χ1n) is 12.5. The lowest BCUT2D eigenvalue weighted by molar-refractivity contribution is -0.133. The molecule has 1 saturated heterocycles. The number of fused-ring (bicyclic) bond motifs is 4. The lowest BCUT2D eigenvalue weighted by Crippen LogP contribution is -2.53. The standard InChI is InChI=1S/C27H30F2N4O5/c1-27-15-20-19-14-18(38-25(28)29)7-8-21(19)31-22(20)23(16-5-3-6-17(34)13-16)33(27)26(36)32(24(27)35)11-4-9-30-10-12-37-2/h3,5-8,13-14,23,25,30-31,34H,4,9-12,15H2,1-2H3. The molecule has 9 nitrogen and oxygen atoms in total. The summed E-state index contributed by atoms with van der Waals surface area (Å²) in [6.07, 6.45) is 0.771. The molecule has 1 fully saturated rings. The zero-order chi connectivity index (χ0) is 27.0. The van der Waals surface area contributed by atoms with E-state index in [4.69, 9.17) is 4.74 Å². The van der Waals surface area contributed by atoms with Crippen molar-refractivity contribution in [1.82, 2.24) is 20.1 Å². The topological polar surface area (TPSA) is 107 Å². The van der Waals surface area contributed by atoms with E-state index in [2.05, 4.69) is 15.0 Å². The summed E-state index contributed by atoms with van der Waals surface area (Å²) < 4.78 is 35.5. The molecule has 0 bridgehead atoms. The summed E-state index contributed by atoms with van der Waals surface area (Å²) in [6.45, 7) is 0.861. The number of rotatable bonds is 10. The number of phenolic OH excluding ortho intramolecular Hbond substituents is 1. The van der Waals surface area contributed by atoms with Crippen LogP contribution in [0, 0.1) is 0 Å². The maximum Gasteiger partial charge on any atom is 0.387 e. The van der Waals surface area contributed by atoms with Crippen molar-refractivity contribution in [2.24, 2.45) is 0 Å². The zero-order valence-corrected chi connectivity index (χ0v) is 21.2. The number of nitrogens with zero attached hydrogens (tertiary/aromatic N) is 2. The van der Waals surface area contributed by atoms with Crippen molar-refractivity contribution >= 4 is 22.8 Å². The Bertz CT molecular complexity index is 1360. The van der Waals surface area contributed by atoms with Crippen molar-refractivity contribution < 1.29 is 33.0 Å². The Hall–Kier alpha value is -3.70. The van der Waals surface area contributed by atoms with Crippen LogP contribution in [0.25, 0.3) is 10.9 Å². The van der Waals surface area contributed by atoms with E-state index >= 15 is 0 Å². The second kappa shape index (κ2) is 10.2. The van der Waals surface area contributed by atoms with Crippen molar-refractivity contribution in [3.05, 3.63) is 59.3 Å². The number of hydrogen-bond donors (Lipinski definition) is 3. The Morgan fingerprint density at radius 1 is 1.21 bits per heavy atom. The molecule has 0 saturated carbocycles. The highest BCUT2D eigenvalue weighted by Gasteiger charge is 2.60. The minimum absolute atomic E-state index is 0.00668. The quantitative estimate of drug-likeness (QED) is 0.273. The molecule has 202 valence electrons. The zero-order valence-electron chi connectivity index (χ0n) is 21.2. The van der Waals surface area contributed by atoms with Crippen LogP contribution in [0.15, 0.2) is 42.5 Å². The van der Waals surface area contributed by atoms with Gasteiger partial charge in [-0.15, -0.1) is 0 Å². The van der Waals surface area contributed by atoms with Crippen molar-refractivity contribution in [1.29, 1.82) is 0 Å². The van der Waals surface area contributed by atoms with Gasteiger partial charge in [0.05, 0.1) is 6.61 Å². The van der Waals surface area contributed by atoms with Crippen LogP contribution in [0.5, 0.6) is 11.5 Å². The molecule has 38 heavy (non-hydrogen) atoms. The first-order valence-corrected chi connectivity index (χ1v) is 12.5. The minimum atomic E-state index is -2.97. The van der Waals surface area contributed by atoms with Crippen LogP contribution in [0.1, 0.15) is 36.2 Å². The molecule has 2 unspecified atom stereocenters. The third-order valence-corrected chi connectivity index (χ3v) is 7.27. The van der Waals surface area contributed by atoms with Crippen LogP contribution < -0.4 is 10.1 Å². The highest BCUT2D eigenvalue weighted by atomic mass is 19.3. The highest BCUT2D eigenvalue weighted by molar-refractivity contribution is 6.08. The molecule has 3 heterocycles. The number of H-pyrrole nitrogens is 1. The van der Waals surface area contributed by atoms with Gasteiger partial charge in [-0.2, -0.15) is 8.78 Å². The fraction of sp³-hybridized carbons (Fsp3) is 0.407. The van der Waals surface area contributed by atoms with E-state index in [-0.39, 0.29) is 30.4 Å². The molecule has 2 aliphatic rings. The molecule has 1 aromatic heterocycles. The second-order valence-corrected chi connectivity index (χ2v) is 9.76. The van der Waals surface area contributed by atoms with Gasteiger partial charge in [0.15, 0.2) is 0 Å². The number of ether oxygens (including phenoxy) is 2. The number of carbonyl (C=O) groups is 2. The van der Waals surface area contributed by atoms with Gasteiger partial charge in [0.1, 0.15) is 23.1 Å². The summed E-state index contributed by atoms with van der Waals surface area (Å²) in [4.78, 5) is 33.8. The number of methoxy groups -OCH3 is 1. The first kappa shape index (κ1) is 25.9. The van der Waals surface area contributed by atoms with Gasteiger partial charge in [-0.05, 0) is 61.3 Å². The molecule has 3 N–H and O–H groups in total. The number of urea groups is 1. The average Bonchev–Trinajstić information content (AvgIpc) is 3.31. The van der Waals surface area contributed by atoms with E-state index in [1.54, 1.807) is 43.2 Å². The van der Waals surface area contributed by atoms with Crippen LogP contribution in [-0.2, 0) is 16.0 Å². The third-order valence-electron chi connectivity index (χ3n) is 7.27. The van der Waals surface area contributed by atoms with Crippen LogP contribution in [0.2, 0.25) is 0 Å². The number of halogens is 2. The van der Waals surface area contributed by atoms with Crippen molar-refractivity contribution in [2.45, 2.75) is 38.0 Å². The number of aromatic nitrogens is 1. The highest BCUT2D eigenvalue weighted by Crippen LogP contribution is 2.49.